The van der Waals surface area contributed by atoms with Gasteiger partial charge in [-0.3, -0.25) is 4.79 Å². The highest BCUT2D eigenvalue weighted by Gasteiger charge is 2.07. The van der Waals surface area contributed by atoms with Gasteiger partial charge in [-0.1, -0.05) is 35.9 Å². The summed E-state index contributed by atoms with van der Waals surface area (Å²) in [6.07, 6.45) is 0. The van der Waals surface area contributed by atoms with Gasteiger partial charge in [0.1, 0.15) is 0 Å². The molecule has 4 nitrogen and oxygen atoms in total. The van der Waals surface area contributed by atoms with Crippen LogP contribution in [0.5, 0.6) is 0 Å². The van der Waals surface area contributed by atoms with E-state index in [0.29, 0.717) is 29.4 Å². The van der Waals surface area contributed by atoms with E-state index in [1.165, 1.54) is 0 Å². The maximum absolute atomic E-state index is 12.0. The normalized spacial score (nSPS) is 10.3. The van der Waals surface area contributed by atoms with Gasteiger partial charge >= 0.3 is 0 Å². The third kappa shape index (κ3) is 3.50. The van der Waals surface area contributed by atoms with Crippen LogP contribution in [0.25, 0.3) is 0 Å². The molecular weight excluding hydrogens is 274 g/mol. The molecule has 0 radical (unpaired) electrons. The van der Waals surface area contributed by atoms with E-state index in [4.69, 9.17) is 23.1 Å². The number of benzene rings is 2. The summed E-state index contributed by atoms with van der Waals surface area (Å²) in [5, 5.41) is 3.27. The molecule has 0 atom stereocenters. The van der Waals surface area contributed by atoms with E-state index in [-0.39, 0.29) is 5.91 Å². The van der Waals surface area contributed by atoms with Gasteiger partial charge in [0.15, 0.2) is 0 Å². The Morgan fingerprint density at radius 2 is 1.75 bits per heavy atom. The Balaban J connectivity index is 1.98. The predicted octanol–water partition coefficient (Wildman–Crippen LogP) is 2.31. The van der Waals surface area contributed by atoms with E-state index in [2.05, 4.69) is 5.32 Å². The van der Waals surface area contributed by atoms with Crippen molar-refractivity contribution < 1.29 is 4.79 Å². The number of anilines is 1. The third-order valence-corrected chi connectivity index (χ3v) is 3.31. The van der Waals surface area contributed by atoms with Gasteiger partial charge in [-0.25, -0.2) is 0 Å². The Morgan fingerprint density at radius 3 is 2.35 bits per heavy atom. The number of halogens is 1. The lowest BCUT2D eigenvalue weighted by Gasteiger charge is -2.07. The summed E-state index contributed by atoms with van der Waals surface area (Å²) in [4.78, 5) is 12.0. The van der Waals surface area contributed by atoms with Crippen LogP contribution in [0.3, 0.4) is 0 Å². The minimum Gasteiger partial charge on any atom is -0.398 e. The molecule has 2 aromatic carbocycles. The average Bonchev–Trinajstić information content (AvgIpc) is 2.48. The number of carbonyl (C=O) groups excluding carboxylic acids is 1. The van der Waals surface area contributed by atoms with E-state index >= 15 is 0 Å². The number of nitrogens with two attached hydrogens (primary N) is 2. The zero-order chi connectivity index (χ0) is 14.5. The second-order valence-corrected chi connectivity index (χ2v) is 4.85. The zero-order valence-corrected chi connectivity index (χ0v) is 11.7. The molecule has 104 valence electrons. The molecule has 5 N–H and O–H groups in total. The summed E-state index contributed by atoms with van der Waals surface area (Å²) in [5.74, 6) is -0.184. The van der Waals surface area contributed by atoms with E-state index in [1.807, 2.05) is 24.3 Å². The Labute approximate surface area is 122 Å². The highest BCUT2D eigenvalue weighted by Crippen LogP contribution is 2.19. The molecule has 0 aromatic heterocycles. The molecule has 0 bridgehead atoms. The predicted molar refractivity (Wildman–Crippen MR) is 81.4 cm³/mol. The fourth-order valence-corrected chi connectivity index (χ4v) is 1.88. The number of hydrogen-bond acceptors (Lipinski definition) is 3. The summed E-state index contributed by atoms with van der Waals surface area (Å²) in [5.41, 5.74) is 14.2. The van der Waals surface area contributed by atoms with Crippen molar-refractivity contribution in [2.45, 2.75) is 13.1 Å². The first-order valence-corrected chi connectivity index (χ1v) is 6.59. The topological polar surface area (TPSA) is 81.1 Å². The van der Waals surface area contributed by atoms with Gasteiger partial charge in [0.05, 0.1) is 10.7 Å². The summed E-state index contributed by atoms with van der Waals surface area (Å²) in [7, 11) is 0. The van der Waals surface area contributed by atoms with Crippen molar-refractivity contribution in [1.82, 2.24) is 5.32 Å². The van der Waals surface area contributed by atoms with Crippen LogP contribution in [0.4, 0.5) is 5.69 Å². The molecule has 0 unspecified atom stereocenters. The maximum Gasteiger partial charge on any atom is 0.251 e. The van der Waals surface area contributed by atoms with Crippen molar-refractivity contribution in [2.24, 2.45) is 5.73 Å². The van der Waals surface area contributed by atoms with Gasteiger partial charge in [-0.15, -0.1) is 0 Å². The first-order chi connectivity index (χ1) is 9.60. The highest BCUT2D eigenvalue weighted by atomic mass is 35.5. The number of amides is 1. The lowest BCUT2D eigenvalue weighted by molar-refractivity contribution is 0.0951. The molecule has 0 aliphatic heterocycles. The van der Waals surface area contributed by atoms with Crippen LogP contribution < -0.4 is 16.8 Å². The molecule has 0 saturated carbocycles. The molecular formula is C15H16ClN3O. The minimum absolute atomic E-state index is 0.184. The van der Waals surface area contributed by atoms with E-state index in [9.17, 15) is 4.79 Å². The monoisotopic (exact) mass is 289 g/mol. The molecule has 0 heterocycles. The smallest absolute Gasteiger partial charge is 0.251 e. The SMILES string of the molecule is NCc1ccc(CNC(=O)c2ccc(Cl)c(N)c2)cc1. The molecule has 0 spiro atoms. The molecule has 5 heteroatoms. The summed E-state index contributed by atoms with van der Waals surface area (Å²) in [6, 6.07) is 12.6. The van der Waals surface area contributed by atoms with Crippen molar-refractivity contribution in [2.75, 3.05) is 5.73 Å². The molecule has 0 aliphatic carbocycles. The first-order valence-electron chi connectivity index (χ1n) is 6.21. The number of carbonyl (C=O) groups is 1. The van der Waals surface area contributed by atoms with E-state index in [1.54, 1.807) is 18.2 Å². The van der Waals surface area contributed by atoms with Crippen LogP contribution in [0, 0.1) is 0 Å². The Hall–Kier alpha value is -2.04. The molecule has 20 heavy (non-hydrogen) atoms. The van der Waals surface area contributed by atoms with Crippen LogP contribution in [0.15, 0.2) is 42.5 Å². The highest BCUT2D eigenvalue weighted by molar-refractivity contribution is 6.33. The second kappa shape index (κ2) is 6.41. The summed E-state index contributed by atoms with van der Waals surface area (Å²) >= 11 is 5.82. The number of nitrogens with one attached hydrogen (secondary N) is 1. The van der Waals surface area contributed by atoms with Gasteiger partial charge < -0.3 is 16.8 Å². The standard InChI is InChI=1S/C15H16ClN3O/c16-13-6-5-12(7-14(13)18)15(20)19-9-11-3-1-10(8-17)2-4-11/h1-7H,8-9,17-18H2,(H,19,20). The Bertz CT molecular complexity index is 611. The lowest BCUT2D eigenvalue weighted by atomic mass is 10.1. The quantitative estimate of drug-likeness (QED) is 0.756. The van der Waals surface area contributed by atoms with E-state index in [0.717, 1.165) is 11.1 Å². The zero-order valence-electron chi connectivity index (χ0n) is 10.9. The Morgan fingerprint density at radius 1 is 1.10 bits per heavy atom. The van der Waals surface area contributed by atoms with Crippen LogP contribution in [0.2, 0.25) is 5.02 Å². The molecule has 2 aromatic rings. The van der Waals surface area contributed by atoms with Crippen LogP contribution >= 0.6 is 11.6 Å². The van der Waals surface area contributed by atoms with Gasteiger partial charge in [-0.2, -0.15) is 0 Å². The fourth-order valence-electron chi connectivity index (χ4n) is 1.76. The summed E-state index contributed by atoms with van der Waals surface area (Å²) < 4.78 is 0. The fraction of sp³-hybridized carbons (Fsp3) is 0.133. The average molecular weight is 290 g/mol. The maximum atomic E-state index is 12.0. The third-order valence-electron chi connectivity index (χ3n) is 2.97. The molecule has 1 amide bonds. The summed E-state index contributed by atoms with van der Waals surface area (Å²) in [6.45, 7) is 0.961. The minimum atomic E-state index is -0.184. The molecule has 2 rings (SSSR count). The number of nitrogen functional groups attached to an aromatic ring is 1. The van der Waals surface area contributed by atoms with Crippen LogP contribution in [-0.2, 0) is 13.1 Å². The largest absolute Gasteiger partial charge is 0.398 e. The van der Waals surface area contributed by atoms with Gasteiger partial charge in [0.25, 0.3) is 5.91 Å². The van der Waals surface area contributed by atoms with Crippen molar-refractivity contribution in [3.05, 3.63) is 64.2 Å². The van der Waals surface area contributed by atoms with Gasteiger partial charge in [0.2, 0.25) is 0 Å². The van der Waals surface area contributed by atoms with Crippen LogP contribution in [-0.4, -0.2) is 5.91 Å². The number of hydrogen-bond donors (Lipinski definition) is 3. The lowest BCUT2D eigenvalue weighted by Crippen LogP contribution is -2.22. The van der Waals surface area contributed by atoms with Gasteiger partial charge in [-0.05, 0) is 29.3 Å². The van der Waals surface area contributed by atoms with Crippen molar-refractivity contribution in [1.29, 1.82) is 0 Å². The van der Waals surface area contributed by atoms with E-state index < -0.39 is 0 Å². The Kier molecular flexibility index (Phi) is 4.61. The first kappa shape index (κ1) is 14.4. The van der Waals surface area contributed by atoms with Crippen molar-refractivity contribution in [3.8, 4) is 0 Å². The molecule has 0 fully saturated rings. The molecule has 0 saturated heterocycles. The second-order valence-electron chi connectivity index (χ2n) is 4.44. The van der Waals surface area contributed by atoms with Crippen molar-refractivity contribution in [3.63, 3.8) is 0 Å². The number of rotatable bonds is 4. The van der Waals surface area contributed by atoms with Gasteiger partial charge in [0, 0.05) is 18.7 Å². The van der Waals surface area contributed by atoms with Crippen molar-refractivity contribution >= 4 is 23.2 Å². The van der Waals surface area contributed by atoms with Crippen LogP contribution in [0.1, 0.15) is 21.5 Å². The molecule has 0 aliphatic rings.